The molecule has 3 N–H and O–H groups in total. The van der Waals surface area contributed by atoms with Crippen molar-refractivity contribution in [2.75, 3.05) is 5.32 Å². The molecule has 158 valence electrons. The van der Waals surface area contributed by atoms with Gasteiger partial charge in [-0.3, -0.25) is 9.59 Å². The predicted octanol–water partition coefficient (Wildman–Crippen LogP) is 2.59. The van der Waals surface area contributed by atoms with Gasteiger partial charge in [-0.2, -0.15) is 0 Å². The molecule has 2 aliphatic carbocycles. The van der Waals surface area contributed by atoms with E-state index in [-0.39, 0.29) is 29.2 Å². The summed E-state index contributed by atoms with van der Waals surface area (Å²) in [5.74, 6) is -0.231. The van der Waals surface area contributed by atoms with Crippen LogP contribution in [0.25, 0.3) is 0 Å². The number of sulfonamides is 1. The molecule has 30 heavy (non-hydrogen) atoms. The van der Waals surface area contributed by atoms with Crippen LogP contribution in [-0.4, -0.2) is 32.3 Å². The number of anilines is 1. The van der Waals surface area contributed by atoms with E-state index in [0.29, 0.717) is 23.7 Å². The quantitative estimate of drug-likeness (QED) is 0.572. The maximum atomic E-state index is 12.2. The summed E-state index contributed by atoms with van der Waals surface area (Å²) in [6.07, 6.45) is 4.64. The van der Waals surface area contributed by atoms with Gasteiger partial charge in [0.05, 0.1) is 4.90 Å². The zero-order valence-corrected chi connectivity index (χ0v) is 17.4. The molecule has 0 aliphatic heterocycles. The second-order valence-corrected chi connectivity index (χ2v) is 9.63. The molecule has 2 aromatic carbocycles. The fraction of sp³-hybridized carbons (Fsp3) is 0.364. The Morgan fingerprint density at radius 1 is 0.867 bits per heavy atom. The molecule has 0 aromatic heterocycles. The van der Waals surface area contributed by atoms with Crippen molar-refractivity contribution in [1.29, 1.82) is 0 Å². The number of carbonyl (C=O) groups excluding carboxylic acids is 2. The number of amides is 2. The summed E-state index contributed by atoms with van der Waals surface area (Å²) in [6, 6.07) is 13.8. The maximum absolute atomic E-state index is 12.2. The van der Waals surface area contributed by atoms with Gasteiger partial charge in [-0.1, -0.05) is 12.1 Å². The minimum atomic E-state index is -3.46. The highest BCUT2D eigenvalue weighted by Gasteiger charge is 2.27. The second-order valence-electron chi connectivity index (χ2n) is 7.91. The van der Waals surface area contributed by atoms with Gasteiger partial charge in [-0.15, -0.1) is 0 Å². The fourth-order valence-corrected chi connectivity index (χ4v) is 4.31. The molecular weight excluding hydrogens is 402 g/mol. The van der Waals surface area contributed by atoms with Crippen LogP contribution in [0, 0.1) is 0 Å². The number of carbonyl (C=O) groups is 2. The first-order valence-corrected chi connectivity index (χ1v) is 11.7. The van der Waals surface area contributed by atoms with Crippen molar-refractivity contribution in [2.24, 2.45) is 0 Å². The summed E-state index contributed by atoms with van der Waals surface area (Å²) in [5.41, 5.74) is 2.10. The minimum Gasteiger partial charge on any atom is -0.349 e. The topological polar surface area (TPSA) is 104 Å². The molecule has 0 unspecified atom stereocenters. The van der Waals surface area contributed by atoms with Crippen LogP contribution in [0.15, 0.2) is 53.4 Å². The second kappa shape index (κ2) is 8.57. The lowest BCUT2D eigenvalue weighted by atomic mass is 10.1. The van der Waals surface area contributed by atoms with E-state index in [1.807, 2.05) is 0 Å². The van der Waals surface area contributed by atoms with E-state index in [0.717, 1.165) is 31.2 Å². The van der Waals surface area contributed by atoms with E-state index >= 15 is 0 Å². The van der Waals surface area contributed by atoms with Crippen molar-refractivity contribution in [3.05, 3.63) is 59.7 Å². The Labute approximate surface area is 176 Å². The number of benzene rings is 2. The lowest BCUT2D eigenvalue weighted by Crippen LogP contribution is -2.25. The van der Waals surface area contributed by atoms with Crippen molar-refractivity contribution in [2.45, 2.75) is 55.5 Å². The predicted molar refractivity (Wildman–Crippen MR) is 114 cm³/mol. The van der Waals surface area contributed by atoms with Gasteiger partial charge in [-0.05, 0) is 74.1 Å². The van der Waals surface area contributed by atoms with Gasteiger partial charge in [0.2, 0.25) is 15.9 Å². The van der Waals surface area contributed by atoms with Crippen molar-refractivity contribution >= 4 is 27.5 Å². The molecule has 0 bridgehead atoms. The summed E-state index contributed by atoms with van der Waals surface area (Å²) in [5, 5.41) is 5.75. The zero-order chi connectivity index (χ0) is 21.1. The Kier molecular flexibility index (Phi) is 5.87. The number of nitrogens with one attached hydrogen (secondary N) is 3. The van der Waals surface area contributed by atoms with Gasteiger partial charge >= 0.3 is 0 Å². The molecule has 0 saturated heterocycles. The molecule has 0 radical (unpaired) electrons. The van der Waals surface area contributed by atoms with E-state index in [9.17, 15) is 18.0 Å². The highest BCUT2D eigenvalue weighted by atomic mass is 32.2. The lowest BCUT2D eigenvalue weighted by Gasteiger charge is -2.08. The molecule has 7 nitrogen and oxygen atoms in total. The summed E-state index contributed by atoms with van der Waals surface area (Å²) in [6.45, 7) is 0. The van der Waals surface area contributed by atoms with Crippen LogP contribution in [0.4, 0.5) is 5.69 Å². The summed E-state index contributed by atoms with van der Waals surface area (Å²) >= 11 is 0. The zero-order valence-electron chi connectivity index (χ0n) is 16.6. The lowest BCUT2D eigenvalue weighted by molar-refractivity contribution is -0.116. The van der Waals surface area contributed by atoms with Gasteiger partial charge < -0.3 is 10.6 Å². The molecule has 2 aliphatic rings. The van der Waals surface area contributed by atoms with Gasteiger partial charge in [0.25, 0.3) is 5.91 Å². The molecule has 2 fully saturated rings. The monoisotopic (exact) mass is 427 g/mol. The minimum absolute atomic E-state index is 0.0695. The molecule has 0 atom stereocenters. The van der Waals surface area contributed by atoms with Gasteiger partial charge in [-0.25, -0.2) is 13.1 Å². The highest BCUT2D eigenvalue weighted by Crippen LogP contribution is 2.22. The Morgan fingerprint density at radius 2 is 1.50 bits per heavy atom. The summed E-state index contributed by atoms with van der Waals surface area (Å²) in [4.78, 5) is 24.4. The van der Waals surface area contributed by atoms with Crippen molar-refractivity contribution < 1.29 is 18.0 Å². The number of hydrogen-bond acceptors (Lipinski definition) is 4. The standard InChI is InChI=1S/C22H25N3O4S/c26-21(23-17-6-4-16(5-7-17)22(27)24-18-8-9-18)14-3-15-1-12-20(13-2-15)30(28,29)25-19-10-11-19/h1-2,4-7,12-13,18-19,25H,3,8-11,14H2,(H,23,26)(H,24,27). The summed E-state index contributed by atoms with van der Waals surface area (Å²) in [7, 11) is -3.46. The van der Waals surface area contributed by atoms with Crippen LogP contribution in [0.5, 0.6) is 0 Å². The number of hydrogen-bond donors (Lipinski definition) is 3. The Bertz CT molecular complexity index is 1030. The van der Waals surface area contributed by atoms with Gasteiger partial charge in [0.1, 0.15) is 0 Å². The highest BCUT2D eigenvalue weighted by molar-refractivity contribution is 7.89. The Morgan fingerprint density at radius 3 is 2.10 bits per heavy atom. The van der Waals surface area contributed by atoms with E-state index in [1.165, 1.54) is 0 Å². The van der Waals surface area contributed by atoms with Crippen LogP contribution >= 0.6 is 0 Å². The maximum Gasteiger partial charge on any atom is 0.251 e. The first-order valence-electron chi connectivity index (χ1n) is 10.2. The normalized spacial score (nSPS) is 16.1. The molecule has 4 rings (SSSR count). The third-order valence-electron chi connectivity index (χ3n) is 5.12. The smallest absolute Gasteiger partial charge is 0.251 e. The molecule has 8 heteroatoms. The van der Waals surface area contributed by atoms with E-state index in [4.69, 9.17) is 0 Å². The molecule has 2 saturated carbocycles. The van der Waals surface area contributed by atoms with E-state index in [2.05, 4.69) is 15.4 Å². The van der Waals surface area contributed by atoms with E-state index in [1.54, 1.807) is 48.5 Å². The number of aryl methyl sites for hydroxylation is 1. The average Bonchev–Trinajstić information content (AvgIpc) is 3.65. The largest absolute Gasteiger partial charge is 0.349 e. The number of rotatable bonds is 9. The van der Waals surface area contributed by atoms with Gasteiger partial charge in [0.15, 0.2) is 0 Å². The Hall–Kier alpha value is -2.71. The SMILES string of the molecule is O=C(CCc1ccc(S(=O)(=O)NC2CC2)cc1)Nc1ccc(C(=O)NC2CC2)cc1. The third kappa shape index (κ3) is 5.67. The van der Waals surface area contributed by atoms with Crippen LogP contribution in [-0.2, 0) is 21.2 Å². The molecule has 0 heterocycles. The van der Waals surface area contributed by atoms with Gasteiger partial charge in [0, 0.05) is 29.8 Å². The molecular formula is C22H25N3O4S. The van der Waals surface area contributed by atoms with Crippen LogP contribution in [0.3, 0.4) is 0 Å². The fourth-order valence-electron chi connectivity index (χ4n) is 3.01. The van der Waals surface area contributed by atoms with E-state index < -0.39 is 10.0 Å². The summed E-state index contributed by atoms with van der Waals surface area (Å²) < 4.78 is 27.0. The first kappa shape index (κ1) is 20.6. The molecule has 2 amide bonds. The van der Waals surface area contributed by atoms with Crippen LogP contribution in [0.1, 0.15) is 48.0 Å². The Balaban J connectivity index is 1.25. The van der Waals surface area contributed by atoms with Crippen molar-refractivity contribution in [3.8, 4) is 0 Å². The van der Waals surface area contributed by atoms with Crippen molar-refractivity contribution in [1.82, 2.24) is 10.0 Å². The first-order chi connectivity index (χ1) is 14.4. The van der Waals surface area contributed by atoms with Crippen LogP contribution in [0.2, 0.25) is 0 Å². The molecule has 0 spiro atoms. The third-order valence-corrected chi connectivity index (χ3v) is 6.65. The molecule has 2 aromatic rings. The van der Waals surface area contributed by atoms with Crippen molar-refractivity contribution in [3.63, 3.8) is 0 Å². The average molecular weight is 428 g/mol. The van der Waals surface area contributed by atoms with Crippen LogP contribution < -0.4 is 15.4 Å².